The van der Waals surface area contributed by atoms with Crippen molar-refractivity contribution >= 4 is 11.7 Å². The van der Waals surface area contributed by atoms with Crippen molar-refractivity contribution in [1.82, 2.24) is 0 Å². The molecule has 0 bridgehead atoms. The molecule has 0 unspecified atom stereocenters. The number of para-hydroxylation sites is 1. The maximum atomic E-state index is 11.2. The van der Waals surface area contributed by atoms with E-state index < -0.39 is 6.03 Å². The van der Waals surface area contributed by atoms with Gasteiger partial charge in [0.05, 0.1) is 0 Å². The molecule has 0 radical (unpaired) electrons. The Morgan fingerprint density at radius 3 is 2.93 bits per heavy atom. The highest BCUT2D eigenvalue weighted by molar-refractivity contribution is 5.93. The Labute approximate surface area is 88.3 Å². The van der Waals surface area contributed by atoms with Crippen LogP contribution in [0.3, 0.4) is 0 Å². The number of amides is 2. The summed E-state index contributed by atoms with van der Waals surface area (Å²) in [5, 5.41) is 8.94. The number of urea groups is 1. The second-order valence-corrected chi connectivity index (χ2v) is 3.72. The molecule has 0 saturated heterocycles. The van der Waals surface area contributed by atoms with Crippen LogP contribution in [0.5, 0.6) is 0 Å². The van der Waals surface area contributed by atoms with Gasteiger partial charge in [-0.05, 0) is 18.1 Å². The number of hydrogen-bond donors (Lipinski definition) is 2. The van der Waals surface area contributed by atoms with E-state index in [1.54, 1.807) is 4.90 Å². The summed E-state index contributed by atoms with van der Waals surface area (Å²) in [6.07, 6.45) is 0.667. The molecule has 2 rings (SSSR count). The Kier molecular flexibility index (Phi) is 2.60. The van der Waals surface area contributed by atoms with Gasteiger partial charge in [-0.1, -0.05) is 18.2 Å². The van der Waals surface area contributed by atoms with Crippen LogP contribution in [0.2, 0.25) is 0 Å². The molecule has 4 nitrogen and oxygen atoms in total. The summed E-state index contributed by atoms with van der Waals surface area (Å²) in [5.41, 5.74) is 7.28. The predicted molar refractivity (Wildman–Crippen MR) is 57.8 cm³/mol. The number of nitrogens with two attached hydrogens (primary N) is 1. The highest BCUT2D eigenvalue weighted by Crippen LogP contribution is 2.37. The zero-order valence-corrected chi connectivity index (χ0v) is 8.39. The van der Waals surface area contributed by atoms with Crippen LogP contribution >= 0.6 is 0 Å². The van der Waals surface area contributed by atoms with E-state index in [0.29, 0.717) is 13.0 Å². The van der Waals surface area contributed by atoms with Gasteiger partial charge in [-0.15, -0.1) is 0 Å². The van der Waals surface area contributed by atoms with Crippen LogP contribution in [-0.2, 0) is 0 Å². The Balaban J connectivity index is 2.35. The molecule has 0 aliphatic carbocycles. The zero-order chi connectivity index (χ0) is 10.8. The Morgan fingerprint density at radius 2 is 2.27 bits per heavy atom. The smallest absolute Gasteiger partial charge is 0.319 e. The first-order valence-electron chi connectivity index (χ1n) is 5.00. The minimum Gasteiger partial charge on any atom is -0.396 e. The topological polar surface area (TPSA) is 66.6 Å². The third-order valence-electron chi connectivity index (χ3n) is 2.81. The number of rotatable bonds is 2. The highest BCUT2D eigenvalue weighted by Gasteiger charge is 2.30. The molecule has 1 atom stereocenters. The van der Waals surface area contributed by atoms with Gasteiger partial charge in [0.1, 0.15) is 0 Å². The summed E-state index contributed by atoms with van der Waals surface area (Å²) in [6, 6.07) is 7.27. The minimum atomic E-state index is -0.428. The second-order valence-electron chi connectivity index (χ2n) is 3.72. The van der Waals surface area contributed by atoms with Crippen LogP contribution in [0.4, 0.5) is 10.5 Å². The van der Waals surface area contributed by atoms with Gasteiger partial charge in [-0.3, -0.25) is 4.90 Å². The molecule has 0 saturated carbocycles. The van der Waals surface area contributed by atoms with E-state index in [1.807, 2.05) is 24.3 Å². The van der Waals surface area contributed by atoms with E-state index in [0.717, 1.165) is 11.3 Å². The van der Waals surface area contributed by atoms with Crippen LogP contribution in [0.1, 0.15) is 17.9 Å². The molecule has 80 valence electrons. The van der Waals surface area contributed by atoms with Crippen molar-refractivity contribution < 1.29 is 9.90 Å². The molecule has 1 aromatic carbocycles. The molecule has 1 heterocycles. The zero-order valence-electron chi connectivity index (χ0n) is 8.39. The Morgan fingerprint density at radius 1 is 1.53 bits per heavy atom. The number of carbonyl (C=O) groups is 1. The van der Waals surface area contributed by atoms with Gasteiger partial charge in [0.25, 0.3) is 0 Å². The average molecular weight is 206 g/mol. The van der Waals surface area contributed by atoms with Gasteiger partial charge in [-0.25, -0.2) is 4.79 Å². The van der Waals surface area contributed by atoms with E-state index in [4.69, 9.17) is 10.8 Å². The van der Waals surface area contributed by atoms with Gasteiger partial charge in [0.2, 0.25) is 0 Å². The monoisotopic (exact) mass is 206 g/mol. The molecule has 0 aromatic heterocycles. The van der Waals surface area contributed by atoms with Gasteiger partial charge in [0, 0.05) is 24.8 Å². The predicted octanol–water partition coefficient (Wildman–Crippen LogP) is 1.05. The molecule has 0 fully saturated rings. The summed E-state index contributed by atoms with van der Waals surface area (Å²) >= 11 is 0. The largest absolute Gasteiger partial charge is 0.396 e. The number of benzene rings is 1. The van der Waals surface area contributed by atoms with Crippen molar-refractivity contribution in [2.75, 3.05) is 18.1 Å². The first kappa shape index (κ1) is 9.98. The number of fused-ring (bicyclic) bond motifs is 1. The number of primary amides is 1. The van der Waals surface area contributed by atoms with Crippen LogP contribution in [0, 0.1) is 0 Å². The molecule has 0 spiro atoms. The van der Waals surface area contributed by atoms with Gasteiger partial charge in [0.15, 0.2) is 0 Å². The summed E-state index contributed by atoms with van der Waals surface area (Å²) in [5.74, 6) is 0.207. The maximum absolute atomic E-state index is 11.2. The highest BCUT2D eigenvalue weighted by atomic mass is 16.3. The van der Waals surface area contributed by atoms with Crippen LogP contribution in [0.25, 0.3) is 0 Å². The van der Waals surface area contributed by atoms with E-state index in [1.165, 1.54) is 0 Å². The molecule has 2 amide bonds. The molecule has 1 aliphatic rings. The van der Waals surface area contributed by atoms with Crippen molar-refractivity contribution in [2.24, 2.45) is 5.73 Å². The van der Waals surface area contributed by atoms with Crippen molar-refractivity contribution in [2.45, 2.75) is 12.3 Å². The van der Waals surface area contributed by atoms with Crippen molar-refractivity contribution in [3.63, 3.8) is 0 Å². The SMILES string of the molecule is NC(=O)N1C[C@@H](CCO)c2ccccc21. The number of aliphatic hydroxyl groups excluding tert-OH is 1. The Hall–Kier alpha value is -1.55. The first-order valence-corrected chi connectivity index (χ1v) is 5.00. The van der Waals surface area contributed by atoms with Gasteiger partial charge < -0.3 is 10.8 Å². The third-order valence-corrected chi connectivity index (χ3v) is 2.81. The van der Waals surface area contributed by atoms with E-state index in [2.05, 4.69) is 0 Å². The summed E-state index contributed by atoms with van der Waals surface area (Å²) in [6.45, 7) is 0.709. The number of aliphatic hydroxyl groups is 1. The lowest BCUT2D eigenvalue weighted by Crippen LogP contribution is -2.34. The van der Waals surface area contributed by atoms with Crippen molar-refractivity contribution in [1.29, 1.82) is 0 Å². The summed E-state index contributed by atoms with van der Waals surface area (Å²) in [4.78, 5) is 12.8. The van der Waals surface area contributed by atoms with Crippen molar-refractivity contribution in [3.8, 4) is 0 Å². The quantitative estimate of drug-likeness (QED) is 0.759. The lowest BCUT2D eigenvalue weighted by Gasteiger charge is -2.14. The van der Waals surface area contributed by atoms with Gasteiger partial charge >= 0.3 is 6.03 Å². The second kappa shape index (κ2) is 3.90. The number of hydrogen-bond acceptors (Lipinski definition) is 2. The molecule has 1 aliphatic heterocycles. The standard InChI is InChI=1S/C11H14N2O2/c12-11(15)13-7-8(5-6-14)9-3-1-2-4-10(9)13/h1-4,8,14H,5-7H2,(H2,12,15)/t8-/m1/s1. The maximum Gasteiger partial charge on any atom is 0.319 e. The van der Waals surface area contributed by atoms with Crippen molar-refractivity contribution in [3.05, 3.63) is 29.8 Å². The van der Waals surface area contributed by atoms with E-state index in [9.17, 15) is 4.79 Å². The van der Waals surface area contributed by atoms with Crippen LogP contribution < -0.4 is 10.6 Å². The number of carbonyl (C=O) groups excluding carboxylic acids is 1. The molecule has 4 heteroatoms. The fourth-order valence-corrected chi connectivity index (χ4v) is 2.11. The third kappa shape index (κ3) is 1.68. The number of anilines is 1. The van der Waals surface area contributed by atoms with E-state index in [-0.39, 0.29) is 12.5 Å². The molecule has 3 N–H and O–H groups in total. The minimum absolute atomic E-state index is 0.131. The lowest BCUT2D eigenvalue weighted by atomic mass is 9.99. The molecular weight excluding hydrogens is 192 g/mol. The average Bonchev–Trinajstić information content (AvgIpc) is 2.59. The molecule has 1 aromatic rings. The number of nitrogens with zero attached hydrogens (tertiary/aromatic N) is 1. The molecule has 15 heavy (non-hydrogen) atoms. The Bertz CT molecular complexity index is 379. The first-order chi connectivity index (χ1) is 7.24. The summed E-state index contributed by atoms with van der Waals surface area (Å²) in [7, 11) is 0. The summed E-state index contributed by atoms with van der Waals surface area (Å²) < 4.78 is 0. The fraction of sp³-hybridized carbons (Fsp3) is 0.364. The fourth-order valence-electron chi connectivity index (χ4n) is 2.11. The van der Waals surface area contributed by atoms with Crippen LogP contribution in [-0.4, -0.2) is 24.3 Å². The van der Waals surface area contributed by atoms with Crippen LogP contribution in [0.15, 0.2) is 24.3 Å². The van der Waals surface area contributed by atoms with Gasteiger partial charge in [-0.2, -0.15) is 0 Å². The normalized spacial score (nSPS) is 19.0. The molecular formula is C11H14N2O2. The van der Waals surface area contributed by atoms with E-state index >= 15 is 0 Å². The lowest BCUT2D eigenvalue weighted by molar-refractivity contribution is 0.252.